The van der Waals surface area contributed by atoms with Gasteiger partial charge in [0.2, 0.25) is 11.7 Å². The number of nitrogens with zero attached hydrogens (tertiary/aromatic N) is 4. The molecule has 6 nitrogen and oxygen atoms in total. The Kier molecular flexibility index (Phi) is 4.32. The molecule has 5 rings (SSSR count). The molecule has 0 aliphatic heterocycles. The van der Waals surface area contributed by atoms with E-state index >= 15 is 0 Å². The van der Waals surface area contributed by atoms with Gasteiger partial charge in [-0.05, 0) is 37.3 Å². The summed E-state index contributed by atoms with van der Waals surface area (Å²) in [6.07, 6.45) is 3.19. The molecule has 0 radical (unpaired) electrons. The summed E-state index contributed by atoms with van der Waals surface area (Å²) < 4.78 is 7.04. The van der Waals surface area contributed by atoms with Gasteiger partial charge in [-0.1, -0.05) is 41.2 Å². The fraction of sp³-hybridized carbons (Fsp3) is 0.300. The fourth-order valence-corrected chi connectivity index (χ4v) is 5.72. The number of thioether (sulfide) groups is 1. The third-order valence-electron chi connectivity index (χ3n) is 5.08. The number of fused-ring (bicyclic) bond motifs is 3. The lowest BCUT2D eigenvalue weighted by Gasteiger charge is -2.06. The van der Waals surface area contributed by atoms with E-state index in [1.54, 1.807) is 23.0 Å². The first kappa shape index (κ1) is 17.6. The number of benzene rings is 1. The first-order chi connectivity index (χ1) is 13.6. The quantitative estimate of drug-likeness (QED) is 0.372. The molecule has 0 N–H and O–H groups in total. The Hall–Kier alpha value is -2.45. The Balaban J connectivity index is 1.42. The van der Waals surface area contributed by atoms with E-state index in [0.29, 0.717) is 22.6 Å². The van der Waals surface area contributed by atoms with Gasteiger partial charge in [-0.3, -0.25) is 9.36 Å². The topological polar surface area (TPSA) is 73.8 Å². The SMILES string of the molecule is Cc1ccccc1-c1noc(CSc2nc3sc4c(c3c(=O)n2C)CCC4)n1. The predicted molar refractivity (Wildman–Crippen MR) is 111 cm³/mol. The van der Waals surface area contributed by atoms with Crippen LogP contribution in [0.5, 0.6) is 0 Å². The molecule has 4 aromatic rings. The maximum atomic E-state index is 12.9. The zero-order valence-corrected chi connectivity index (χ0v) is 17.2. The molecular formula is C20H18N4O2S2. The van der Waals surface area contributed by atoms with Crippen molar-refractivity contribution >= 4 is 33.3 Å². The maximum absolute atomic E-state index is 12.9. The number of hydrogen-bond donors (Lipinski definition) is 0. The second kappa shape index (κ2) is 6.86. The highest BCUT2D eigenvalue weighted by molar-refractivity contribution is 7.98. The van der Waals surface area contributed by atoms with Crippen molar-refractivity contribution in [2.45, 2.75) is 37.1 Å². The van der Waals surface area contributed by atoms with Crippen LogP contribution in [0, 0.1) is 6.92 Å². The average molecular weight is 411 g/mol. The Bertz CT molecular complexity index is 1260. The van der Waals surface area contributed by atoms with Crippen LogP contribution in [0.3, 0.4) is 0 Å². The molecule has 8 heteroatoms. The Morgan fingerprint density at radius 3 is 2.96 bits per heavy atom. The van der Waals surface area contributed by atoms with Crippen LogP contribution in [0.4, 0.5) is 0 Å². The molecule has 0 unspecified atom stereocenters. The monoisotopic (exact) mass is 410 g/mol. The van der Waals surface area contributed by atoms with Gasteiger partial charge < -0.3 is 4.52 Å². The summed E-state index contributed by atoms with van der Waals surface area (Å²) in [6.45, 7) is 2.02. The molecule has 1 aliphatic carbocycles. The van der Waals surface area contributed by atoms with E-state index in [4.69, 9.17) is 9.51 Å². The molecule has 0 bridgehead atoms. The highest BCUT2D eigenvalue weighted by atomic mass is 32.2. The van der Waals surface area contributed by atoms with Gasteiger partial charge in [0.15, 0.2) is 5.16 Å². The smallest absolute Gasteiger partial charge is 0.262 e. The molecule has 142 valence electrons. The van der Waals surface area contributed by atoms with E-state index in [2.05, 4.69) is 10.1 Å². The third kappa shape index (κ3) is 2.87. The number of thiophene rings is 1. The van der Waals surface area contributed by atoms with Crippen LogP contribution in [0.25, 0.3) is 21.6 Å². The molecule has 0 saturated heterocycles. The highest BCUT2D eigenvalue weighted by Gasteiger charge is 2.22. The van der Waals surface area contributed by atoms with E-state index in [9.17, 15) is 4.79 Å². The van der Waals surface area contributed by atoms with Gasteiger partial charge in [-0.25, -0.2) is 4.98 Å². The highest BCUT2D eigenvalue weighted by Crippen LogP contribution is 2.35. The van der Waals surface area contributed by atoms with E-state index in [0.717, 1.165) is 40.6 Å². The second-order valence-corrected chi connectivity index (χ2v) is 8.94. The van der Waals surface area contributed by atoms with E-state index in [1.165, 1.54) is 22.2 Å². The predicted octanol–water partition coefficient (Wildman–Crippen LogP) is 4.13. The van der Waals surface area contributed by atoms with Crippen LogP contribution in [-0.4, -0.2) is 19.7 Å². The van der Waals surface area contributed by atoms with Gasteiger partial charge in [0.1, 0.15) is 4.83 Å². The van der Waals surface area contributed by atoms with Crippen LogP contribution < -0.4 is 5.56 Å². The minimum atomic E-state index is 0.0398. The summed E-state index contributed by atoms with van der Waals surface area (Å²) in [5.74, 6) is 1.57. The van der Waals surface area contributed by atoms with Crippen molar-refractivity contribution in [3.63, 3.8) is 0 Å². The minimum absolute atomic E-state index is 0.0398. The van der Waals surface area contributed by atoms with Gasteiger partial charge in [-0.2, -0.15) is 4.98 Å². The average Bonchev–Trinajstić information content (AvgIpc) is 3.39. The van der Waals surface area contributed by atoms with E-state index in [-0.39, 0.29) is 5.56 Å². The molecule has 3 heterocycles. The van der Waals surface area contributed by atoms with Crippen molar-refractivity contribution in [2.75, 3.05) is 0 Å². The van der Waals surface area contributed by atoms with Crippen LogP contribution in [0.2, 0.25) is 0 Å². The van der Waals surface area contributed by atoms with Crippen molar-refractivity contribution in [2.24, 2.45) is 7.05 Å². The zero-order chi connectivity index (χ0) is 19.3. The zero-order valence-electron chi connectivity index (χ0n) is 15.6. The van der Waals surface area contributed by atoms with Crippen molar-refractivity contribution in [3.8, 4) is 11.4 Å². The lowest BCUT2D eigenvalue weighted by molar-refractivity contribution is 0.391. The van der Waals surface area contributed by atoms with Gasteiger partial charge in [0, 0.05) is 17.5 Å². The molecule has 0 atom stereocenters. The summed E-state index contributed by atoms with van der Waals surface area (Å²) in [4.78, 5) is 24.3. The molecular weight excluding hydrogens is 392 g/mol. The number of aromatic nitrogens is 4. The number of hydrogen-bond acceptors (Lipinski definition) is 7. The summed E-state index contributed by atoms with van der Waals surface area (Å²) in [7, 11) is 1.78. The van der Waals surface area contributed by atoms with Crippen molar-refractivity contribution in [1.82, 2.24) is 19.7 Å². The van der Waals surface area contributed by atoms with Crippen LogP contribution >= 0.6 is 23.1 Å². The summed E-state index contributed by atoms with van der Waals surface area (Å²) in [5.41, 5.74) is 3.31. The Labute approximate surface area is 169 Å². The normalized spacial score (nSPS) is 13.4. The van der Waals surface area contributed by atoms with Gasteiger partial charge in [0.05, 0.1) is 11.1 Å². The Morgan fingerprint density at radius 2 is 2.11 bits per heavy atom. The maximum Gasteiger partial charge on any atom is 0.262 e. The minimum Gasteiger partial charge on any atom is -0.338 e. The van der Waals surface area contributed by atoms with Gasteiger partial charge in [-0.15, -0.1) is 11.3 Å². The second-order valence-electron chi connectivity index (χ2n) is 6.91. The van der Waals surface area contributed by atoms with Gasteiger partial charge >= 0.3 is 0 Å². The molecule has 1 aliphatic rings. The van der Waals surface area contributed by atoms with Crippen molar-refractivity contribution in [1.29, 1.82) is 0 Å². The number of rotatable bonds is 4. The molecule has 0 spiro atoms. The summed E-state index contributed by atoms with van der Waals surface area (Å²) in [5, 5.41) is 5.58. The van der Waals surface area contributed by atoms with Crippen molar-refractivity contribution in [3.05, 3.63) is 56.5 Å². The standard InChI is InChI=1S/C20H18N4O2S2/c1-11-6-3-4-7-12(11)17-21-15(26-23-17)10-27-20-22-18-16(19(25)24(20)2)13-8-5-9-14(13)28-18/h3-4,6-7H,5,8-10H2,1-2H3. The third-order valence-corrected chi connectivity index (χ3v) is 7.28. The van der Waals surface area contributed by atoms with Crippen molar-refractivity contribution < 1.29 is 4.52 Å². The fourth-order valence-electron chi connectivity index (χ4n) is 3.61. The van der Waals surface area contributed by atoms with Crippen LogP contribution in [0.1, 0.15) is 28.3 Å². The lowest BCUT2D eigenvalue weighted by atomic mass is 10.1. The summed E-state index contributed by atoms with van der Waals surface area (Å²) >= 11 is 3.10. The Morgan fingerprint density at radius 1 is 1.25 bits per heavy atom. The lowest BCUT2D eigenvalue weighted by Crippen LogP contribution is -2.20. The molecule has 0 saturated carbocycles. The van der Waals surface area contributed by atoms with Gasteiger partial charge in [0.25, 0.3) is 5.56 Å². The summed E-state index contributed by atoms with van der Waals surface area (Å²) in [6, 6.07) is 7.94. The largest absolute Gasteiger partial charge is 0.338 e. The number of aryl methyl sites for hydroxylation is 3. The molecule has 1 aromatic carbocycles. The molecule has 3 aromatic heterocycles. The first-order valence-electron chi connectivity index (χ1n) is 9.14. The molecule has 0 fully saturated rings. The molecule has 28 heavy (non-hydrogen) atoms. The van der Waals surface area contributed by atoms with Crippen LogP contribution in [0.15, 0.2) is 38.7 Å². The first-order valence-corrected chi connectivity index (χ1v) is 10.9. The van der Waals surface area contributed by atoms with E-state index in [1.807, 2.05) is 31.2 Å². The van der Waals surface area contributed by atoms with E-state index < -0.39 is 0 Å². The molecule has 0 amide bonds. The van der Waals surface area contributed by atoms with Crippen LogP contribution in [-0.2, 0) is 25.6 Å².